The number of carbonyl (C=O) groups is 1. The molecule has 2 rings (SSSR count). The molecule has 1 fully saturated rings. The molecule has 5 heteroatoms. The van der Waals surface area contributed by atoms with E-state index in [1.807, 2.05) is 4.90 Å². The van der Waals surface area contributed by atoms with Crippen LogP contribution in [0.1, 0.15) is 38.5 Å². The largest absolute Gasteiger partial charge is 0.492 e. The van der Waals surface area contributed by atoms with E-state index in [0.29, 0.717) is 35.2 Å². The average Bonchev–Trinajstić information content (AvgIpc) is 2.74. The van der Waals surface area contributed by atoms with Crippen molar-refractivity contribution in [1.82, 2.24) is 4.90 Å². The van der Waals surface area contributed by atoms with E-state index in [4.69, 9.17) is 27.9 Å². The highest BCUT2D eigenvalue weighted by atomic mass is 35.5. The minimum absolute atomic E-state index is 0.239. The van der Waals surface area contributed by atoms with Crippen LogP contribution in [-0.4, -0.2) is 30.5 Å². The predicted octanol–water partition coefficient (Wildman–Crippen LogP) is 4.56. The number of amides is 1. The molecule has 0 aromatic heterocycles. The highest BCUT2D eigenvalue weighted by Crippen LogP contribution is 2.27. The van der Waals surface area contributed by atoms with Crippen molar-refractivity contribution < 1.29 is 9.53 Å². The summed E-state index contributed by atoms with van der Waals surface area (Å²) in [5.74, 6) is 0.853. The highest BCUT2D eigenvalue weighted by Gasteiger charge is 2.14. The van der Waals surface area contributed by atoms with Crippen molar-refractivity contribution in [2.45, 2.75) is 38.5 Å². The molecule has 1 saturated heterocycles. The maximum Gasteiger partial charge on any atom is 0.222 e. The third-order valence-electron chi connectivity index (χ3n) is 3.65. The van der Waals surface area contributed by atoms with Gasteiger partial charge in [0.15, 0.2) is 0 Å². The Labute approximate surface area is 136 Å². The van der Waals surface area contributed by atoms with Crippen LogP contribution in [0.3, 0.4) is 0 Å². The summed E-state index contributed by atoms with van der Waals surface area (Å²) in [5.41, 5.74) is 0. The molecular weight excluding hydrogens is 309 g/mol. The van der Waals surface area contributed by atoms with Crippen LogP contribution >= 0.6 is 23.2 Å². The SMILES string of the molecule is O=C(CCCOc1ccc(Cl)cc1Cl)N1CCCCCC1. The number of rotatable bonds is 5. The van der Waals surface area contributed by atoms with Gasteiger partial charge >= 0.3 is 0 Å². The van der Waals surface area contributed by atoms with Gasteiger partial charge in [0.2, 0.25) is 5.91 Å². The molecule has 1 amide bonds. The Morgan fingerprint density at radius 2 is 1.86 bits per heavy atom. The molecule has 0 radical (unpaired) electrons. The molecule has 0 aliphatic carbocycles. The second-order valence-corrected chi connectivity index (χ2v) is 6.17. The van der Waals surface area contributed by atoms with Gasteiger partial charge in [-0.15, -0.1) is 0 Å². The van der Waals surface area contributed by atoms with Crippen LogP contribution in [-0.2, 0) is 4.79 Å². The summed E-state index contributed by atoms with van der Waals surface area (Å²) >= 11 is 11.9. The molecule has 116 valence electrons. The Balaban J connectivity index is 1.70. The number of hydrogen-bond acceptors (Lipinski definition) is 2. The van der Waals surface area contributed by atoms with Crippen molar-refractivity contribution in [3.63, 3.8) is 0 Å². The smallest absolute Gasteiger partial charge is 0.222 e. The van der Waals surface area contributed by atoms with Crippen molar-refractivity contribution in [3.8, 4) is 5.75 Å². The van der Waals surface area contributed by atoms with Gasteiger partial charge in [-0.2, -0.15) is 0 Å². The Morgan fingerprint density at radius 3 is 2.52 bits per heavy atom. The summed E-state index contributed by atoms with van der Waals surface area (Å²) in [7, 11) is 0. The molecule has 0 unspecified atom stereocenters. The van der Waals surface area contributed by atoms with Crippen LogP contribution < -0.4 is 4.74 Å². The van der Waals surface area contributed by atoms with Crippen LogP contribution in [0.15, 0.2) is 18.2 Å². The van der Waals surface area contributed by atoms with E-state index in [0.717, 1.165) is 25.9 Å². The van der Waals surface area contributed by atoms with E-state index in [1.54, 1.807) is 18.2 Å². The molecular formula is C16H21Cl2NO2. The first kappa shape index (κ1) is 16.4. The number of carbonyl (C=O) groups excluding carboxylic acids is 1. The Kier molecular flexibility index (Phi) is 6.65. The zero-order valence-corrected chi connectivity index (χ0v) is 13.6. The summed E-state index contributed by atoms with van der Waals surface area (Å²) in [6.07, 6.45) is 5.97. The number of benzene rings is 1. The molecule has 0 saturated carbocycles. The van der Waals surface area contributed by atoms with Crippen LogP contribution in [0.4, 0.5) is 0 Å². The molecule has 1 aromatic rings. The normalized spacial score (nSPS) is 15.6. The van der Waals surface area contributed by atoms with Crippen molar-refractivity contribution in [2.75, 3.05) is 19.7 Å². The first-order valence-electron chi connectivity index (χ1n) is 7.52. The summed E-state index contributed by atoms with van der Waals surface area (Å²) in [4.78, 5) is 14.1. The molecule has 1 aliphatic heterocycles. The average molecular weight is 330 g/mol. The van der Waals surface area contributed by atoms with E-state index in [1.165, 1.54) is 12.8 Å². The van der Waals surface area contributed by atoms with Crippen molar-refractivity contribution in [2.24, 2.45) is 0 Å². The van der Waals surface area contributed by atoms with Crippen molar-refractivity contribution >= 4 is 29.1 Å². The lowest BCUT2D eigenvalue weighted by Crippen LogP contribution is -2.31. The summed E-state index contributed by atoms with van der Waals surface area (Å²) < 4.78 is 5.59. The number of hydrogen-bond donors (Lipinski definition) is 0. The fraction of sp³-hybridized carbons (Fsp3) is 0.562. The summed E-state index contributed by atoms with van der Waals surface area (Å²) in [6, 6.07) is 5.15. The fourth-order valence-electron chi connectivity index (χ4n) is 2.48. The maximum atomic E-state index is 12.1. The number of likely N-dealkylation sites (tertiary alicyclic amines) is 1. The minimum atomic E-state index is 0.239. The second-order valence-electron chi connectivity index (χ2n) is 5.32. The maximum absolute atomic E-state index is 12.1. The zero-order valence-electron chi connectivity index (χ0n) is 12.1. The van der Waals surface area contributed by atoms with E-state index in [2.05, 4.69) is 0 Å². The van der Waals surface area contributed by atoms with E-state index < -0.39 is 0 Å². The lowest BCUT2D eigenvalue weighted by Gasteiger charge is -2.20. The first-order chi connectivity index (χ1) is 10.2. The fourth-order valence-corrected chi connectivity index (χ4v) is 2.94. The van der Waals surface area contributed by atoms with Gasteiger partial charge in [-0.25, -0.2) is 0 Å². The summed E-state index contributed by atoms with van der Waals surface area (Å²) in [5, 5.41) is 1.09. The monoisotopic (exact) mass is 329 g/mol. The van der Waals surface area contributed by atoms with Gasteiger partial charge in [-0.1, -0.05) is 36.0 Å². The number of halogens is 2. The van der Waals surface area contributed by atoms with Crippen molar-refractivity contribution in [3.05, 3.63) is 28.2 Å². The van der Waals surface area contributed by atoms with Gasteiger partial charge in [0.25, 0.3) is 0 Å². The van der Waals surface area contributed by atoms with E-state index >= 15 is 0 Å². The third-order valence-corrected chi connectivity index (χ3v) is 4.18. The lowest BCUT2D eigenvalue weighted by atomic mass is 10.2. The Bertz CT molecular complexity index is 471. The van der Waals surface area contributed by atoms with Gasteiger partial charge < -0.3 is 9.64 Å². The van der Waals surface area contributed by atoms with Gasteiger partial charge in [0.1, 0.15) is 5.75 Å². The molecule has 0 spiro atoms. The quantitative estimate of drug-likeness (QED) is 0.741. The van der Waals surface area contributed by atoms with Crippen LogP contribution in [0.2, 0.25) is 10.0 Å². The molecule has 21 heavy (non-hydrogen) atoms. The minimum Gasteiger partial charge on any atom is -0.492 e. The molecule has 3 nitrogen and oxygen atoms in total. The molecule has 0 atom stereocenters. The zero-order chi connectivity index (χ0) is 15.1. The van der Waals surface area contributed by atoms with Crippen LogP contribution in [0.25, 0.3) is 0 Å². The highest BCUT2D eigenvalue weighted by molar-refractivity contribution is 6.35. The lowest BCUT2D eigenvalue weighted by molar-refractivity contribution is -0.131. The topological polar surface area (TPSA) is 29.5 Å². The van der Waals surface area contributed by atoms with Gasteiger partial charge in [0.05, 0.1) is 11.6 Å². The number of ether oxygens (including phenoxy) is 1. The summed E-state index contributed by atoms with van der Waals surface area (Å²) in [6.45, 7) is 2.30. The molecule has 0 N–H and O–H groups in total. The van der Waals surface area contributed by atoms with Crippen LogP contribution in [0, 0.1) is 0 Å². The molecule has 1 aromatic carbocycles. The van der Waals surface area contributed by atoms with E-state index in [9.17, 15) is 4.79 Å². The number of nitrogens with zero attached hydrogens (tertiary/aromatic N) is 1. The van der Waals surface area contributed by atoms with Gasteiger partial charge in [0, 0.05) is 24.5 Å². The molecule has 1 heterocycles. The second kappa shape index (κ2) is 8.50. The van der Waals surface area contributed by atoms with E-state index in [-0.39, 0.29) is 5.91 Å². The standard InChI is InChI=1S/C16H21Cl2NO2/c17-13-7-8-15(14(18)12-13)21-11-5-6-16(20)19-9-3-1-2-4-10-19/h7-8,12H,1-6,9-11H2. The third kappa shape index (κ3) is 5.40. The Morgan fingerprint density at radius 1 is 1.14 bits per heavy atom. The Hall–Kier alpha value is -0.930. The molecule has 1 aliphatic rings. The molecule has 0 bridgehead atoms. The predicted molar refractivity (Wildman–Crippen MR) is 86.2 cm³/mol. The van der Waals surface area contributed by atoms with Crippen LogP contribution in [0.5, 0.6) is 5.75 Å². The first-order valence-corrected chi connectivity index (χ1v) is 8.28. The van der Waals surface area contributed by atoms with Gasteiger partial charge in [-0.3, -0.25) is 4.79 Å². The van der Waals surface area contributed by atoms with Gasteiger partial charge in [-0.05, 0) is 37.5 Å². The van der Waals surface area contributed by atoms with Crippen molar-refractivity contribution in [1.29, 1.82) is 0 Å².